The number of hydrogen-bond acceptors (Lipinski definition) is 3. The van der Waals surface area contributed by atoms with Gasteiger partial charge in [-0.05, 0) is 18.2 Å². The van der Waals surface area contributed by atoms with Crippen molar-refractivity contribution in [1.29, 1.82) is 0 Å². The predicted octanol–water partition coefficient (Wildman–Crippen LogP) is 3.60. The van der Waals surface area contributed by atoms with E-state index in [0.717, 1.165) is 27.7 Å². The Balaban J connectivity index is 1.98. The summed E-state index contributed by atoms with van der Waals surface area (Å²) < 4.78 is 1.70. The van der Waals surface area contributed by atoms with E-state index in [1.807, 2.05) is 30.5 Å². The molecule has 0 aliphatic carbocycles. The second-order valence-electron chi connectivity index (χ2n) is 4.49. The molecule has 4 aromatic rings. The molecule has 0 saturated carbocycles. The lowest BCUT2D eigenvalue weighted by Crippen LogP contribution is -1.89. The Bertz CT molecular complexity index is 929. The van der Waals surface area contributed by atoms with Gasteiger partial charge in [0.2, 0.25) is 0 Å². The summed E-state index contributed by atoms with van der Waals surface area (Å²) in [5.41, 5.74) is 3.60. The van der Waals surface area contributed by atoms with Gasteiger partial charge < -0.3 is 0 Å². The van der Waals surface area contributed by atoms with Crippen molar-refractivity contribution >= 4 is 28.2 Å². The van der Waals surface area contributed by atoms with Crippen LogP contribution in [0.3, 0.4) is 0 Å². The lowest BCUT2D eigenvalue weighted by molar-refractivity contribution is 0.939. The van der Waals surface area contributed by atoms with Crippen LogP contribution in [0.5, 0.6) is 0 Å². The van der Waals surface area contributed by atoms with Crippen molar-refractivity contribution in [2.75, 3.05) is 0 Å². The van der Waals surface area contributed by atoms with E-state index in [0.29, 0.717) is 5.15 Å². The highest BCUT2D eigenvalue weighted by molar-refractivity contribution is 6.29. The molecule has 0 aliphatic rings. The zero-order valence-electron chi connectivity index (χ0n) is 10.4. The number of aromatic nitrogens is 4. The Labute approximate surface area is 119 Å². The molecule has 0 N–H and O–H groups in total. The number of benzene rings is 1. The van der Waals surface area contributed by atoms with E-state index in [9.17, 15) is 0 Å². The number of nitrogens with zero attached hydrogens (tertiary/aromatic N) is 4. The number of para-hydroxylation sites is 1. The van der Waals surface area contributed by atoms with Gasteiger partial charge in [0.15, 0.2) is 5.65 Å². The van der Waals surface area contributed by atoms with Crippen molar-refractivity contribution in [2.24, 2.45) is 0 Å². The maximum atomic E-state index is 5.96. The number of hydrogen-bond donors (Lipinski definition) is 0. The number of halogens is 1. The lowest BCUT2D eigenvalue weighted by Gasteiger charge is -2.01. The van der Waals surface area contributed by atoms with Gasteiger partial charge in [-0.3, -0.25) is 4.98 Å². The largest absolute Gasteiger partial charge is 0.256 e. The van der Waals surface area contributed by atoms with Crippen molar-refractivity contribution in [3.63, 3.8) is 0 Å². The SMILES string of the molecule is Clc1ccn2ncc(-c3cnc4ccccc4c3)c2n1. The first-order valence-corrected chi connectivity index (χ1v) is 6.54. The second kappa shape index (κ2) is 4.28. The minimum atomic E-state index is 0.452. The van der Waals surface area contributed by atoms with Crippen LogP contribution in [-0.2, 0) is 0 Å². The molecule has 3 heterocycles. The van der Waals surface area contributed by atoms with Gasteiger partial charge in [0.05, 0.1) is 11.7 Å². The van der Waals surface area contributed by atoms with Crippen molar-refractivity contribution in [3.8, 4) is 11.1 Å². The summed E-state index contributed by atoms with van der Waals surface area (Å²) in [6, 6.07) is 11.8. The van der Waals surface area contributed by atoms with Gasteiger partial charge in [-0.1, -0.05) is 29.8 Å². The van der Waals surface area contributed by atoms with Crippen molar-refractivity contribution < 1.29 is 0 Å². The Morgan fingerprint density at radius 2 is 1.95 bits per heavy atom. The highest BCUT2D eigenvalue weighted by Gasteiger charge is 2.09. The van der Waals surface area contributed by atoms with Crippen LogP contribution in [0.1, 0.15) is 0 Å². The maximum Gasteiger partial charge on any atom is 0.164 e. The lowest BCUT2D eigenvalue weighted by atomic mass is 10.1. The first kappa shape index (κ1) is 11.4. The van der Waals surface area contributed by atoms with E-state index in [1.165, 1.54) is 0 Å². The fourth-order valence-corrected chi connectivity index (χ4v) is 2.41. The van der Waals surface area contributed by atoms with Gasteiger partial charge in [-0.15, -0.1) is 0 Å². The third kappa shape index (κ3) is 1.73. The number of pyridine rings is 1. The van der Waals surface area contributed by atoms with Crippen LogP contribution in [0.4, 0.5) is 0 Å². The average Bonchev–Trinajstić information content (AvgIpc) is 2.89. The Morgan fingerprint density at radius 3 is 2.90 bits per heavy atom. The molecule has 0 spiro atoms. The molecule has 0 amide bonds. The first-order chi connectivity index (χ1) is 9.81. The molecule has 1 aromatic carbocycles. The number of fused-ring (bicyclic) bond motifs is 2. The van der Waals surface area contributed by atoms with Crippen LogP contribution in [0.25, 0.3) is 27.7 Å². The van der Waals surface area contributed by atoms with E-state index >= 15 is 0 Å². The third-order valence-corrected chi connectivity index (χ3v) is 3.45. The fourth-order valence-electron chi connectivity index (χ4n) is 2.27. The molecule has 5 heteroatoms. The molecule has 4 nitrogen and oxygen atoms in total. The minimum Gasteiger partial charge on any atom is -0.256 e. The topological polar surface area (TPSA) is 43.1 Å². The Kier molecular flexibility index (Phi) is 2.44. The normalized spacial score (nSPS) is 11.2. The van der Waals surface area contributed by atoms with E-state index in [1.54, 1.807) is 23.0 Å². The van der Waals surface area contributed by atoms with Crippen LogP contribution in [0.2, 0.25) is 5.15 Å². The van der Waals surface area contributed by atoms with Gasteiger partial charge in [-0.25, -0.2) is 9.50 Å². The quantitative estimate of drug-likeness (QED) is 0.500. The number of rotatable bonds is 1. The van der Waals surface area contributed by atoms with Crippen molar-refractivity contribution in [2.45, 2.75) is 0 Å². The summed E-state index contributed by atoms with van der Waals surface area (Å²) in [6.45, 7) is 0. The third-order valence-electron chi connectivity index (χ3n) is 3.24. The maximum absolute atomic E-state index is 5.96. The molecule has 0 radical (unpaired) electrons. The zero-order chi connectivity index (χ0) is 13.5. The van der Waals surface area contributed by atoms with E-state index in [-0.39, 0.29) is 0 Å². The molecule has 0 fully saturated rings. The van der Waals surface area contributed by atoms with Gasteiger partial charge in [0, 0.05) is 28.9 Å². The Hall–Kier alpha value is -2.46. The molecule has 96 valence electrons. The highest BCUT2D eigenvalue weighted by Crippen LogP contribution is 2.26. The van der Waals surface area contributed by atoms with Gasteiger partial charge >= 0.3 is 0 Å². The summed E-state index contributed by atoms with van der Waals surface area (Å²) in [7, 11) is 0. The fraction of sp³-hybridized carbons (Fsp3) is 0. The highest BCUT2D eigenvalue weighted by atomic mass is 35.5. The van der Waals surface area contributed by atoms with Gasteiger partial charge in [-0.2, -0.15) is 5.10 Å². The van der Waals surface area contributed by atoms with E-state index in [4.69, 9.17) is 11.6 Å². The second-order valence-corrected chi connectivity index (χ2v) is 4.88. The minimum absolute atomic E-state index is 0.452. The van der Waals surface area contributed by atoms with Gasteiger partial charge in [0.1, 0.15) is 5.15 Å². The molecule has 20 heavy (non-hydrogen) atoms. The molecule has 3 aromatic heterocycles. The Morgan fingerprint density at radius 1 is 1.05 bits per heavy atom. The summed E-state index contributed by atoms with van der Waals surface area (Å²) >= 11 is 5.96. The van der Waals surface area contributed by atoms with Crippen LogP contribution in [0.15, 0.2) is 55.0 Å². The van der Waals surface area contributed by atoms with Crippen molar-refractivity contribution in [1.82, 2.24) is 19.6 Å². The molecule has 0 atom stereocenters. The first-order valence-electron chi connectivity index (χ1n) is 6.16. The average molecular weight is 281 g/mol. The van der Waals surface area contributed by atoms with Crippen LogP contribution in [-0.4, -0.2) is 19.6 Å². The molecule has 0 aliphatic heterocycles. The molecular weight excluding hydrogens is 272 g/mol. The molecule has 0 saturated heterocycles. The van der Waals surface area contributed by atoms with E-state index in [2.05, 4.69) is 21.1 Å². The molecule has 0 unspecified atom stereocenters. The van der Waals surface area contributed by atoms with Crippen LogP contribution >= 0.6 is 11.6 Å². The molecule has 0 bridgehead atoms. The summed E-state index contributed by atoms with van der Waals surface area (Å²) in [6.07, 6.45) is 5.41. The standard InChI is InChI=1S/C15H9ClN4/c16-14-5-6-20-15(19-14)12(9-18-20)11-7-10-3-1-2-4-13(10)17-8-11/h1-9H. The molecular formula is C15H9ClN4. The van der Waals surface area contributed by atoms with Gasteiger partial charge in [0.25, 0.3) is 0 Å². The van der Waals surface area contributed by atoms with Crippen LogP contribution < -0.4 is 0 Å². The zero-order valence-corrected chi connectivity index (χ0v) is 11.1. The molecule has 4 rings (SSSR count). The predicted molar refractivity (Wildman–Crippen MR) is 78.7 cm³/mol. The summed E-state index contributed by atoms with van der Waals surface area (Å²) in [5, 5.41) is 5.83. The monoisotopic (exact) mass is 280 g/mol. The van der Waals surface area contributed by atoms with E-state index < -0.39 is 0 Å². The van der Waals surface area contributed by atoms with Crippen molar-refractivity contribution in [3.05, 3.63) is 60.1 Å². The summed E-state index contributed by atoms with van der Waals surface area (Å²) in [4.78, 5) is 8.80. The van der Waals surface area contributed by atoms with Crippen LogP contribution in [0, 0.1) is 0 Å². The summed E-state index contributed by atoms with van der Waals surface area (Å²) in [5.74, 6) is 0. The smallest absolute Gasteiger partial charge is 0.164 e.